The van der Waals surface area contributed by atoms with Crippen LogP contribution in [0.15, 0.2) is 0 Å². The van der Waals surface area contributed by atoms with Gasteiger partial charge in [0, 0.05) is 22.8 Å². The molecule has 0 atom stereocenters. The molecule has 0 unspecified atom stereocenters. The van der Waals surface area contributed by atoms with Gasteiger partial charge in [0.15, 0.2) is 0 Å². The van der Waals surface area contributed by atoms with Crippen LogP contribution < -0.4 is 0 Å². The maximum atomic E-state index is 4.69. The molecule has 0 saturated heterocycles. The number of halogens is 1. The van der Waals surface area contributed by atoms with Crippen molar-refractivity contribution in [1.29, 1.82) is 0 Å². The summed E-state index contributed by atoms with van der Waals surface area (Å²) in [7, 11) is 0. The van der Waals surface area contributed by atoms with E-state index in [1.165, 1.54) is 47.7 Å². The van der Waals surface area contributed by atoms with Crippen LogP contribution in [0.4, 0.5) is 0 Å². The molecule has 1 aromatic rings. The van der Waals surface area contributed by atoms with E-state index in [0.29, 0.717) is 0 Å². The zero-order chi connectivity index (χ0) is 13.0. The number of rotatable bonds is 5. The van der Waals surface area contributed by atoms with E-state index >= 15 is 0 Å². The Bertz CT molecular complexity index is 352. The zero-order valence-electron chi connectivity index (χ0n) is 11.4. The molecule has 2 rings (SSSR count). The van der Waals surface area contributed by atoms with Crippen LogP contribution >= 0.6 is 27.3 Å². The minimum absolute atomic E-state index is 0.779. The molecule has 1 aliphatic carbocycles. The van der Waals surface area contributed by atoms with Crippen LogP contribution in [0, 0.1) is 13.8 Å². The molecule has 2 nitrogen and oxygen atoms in total. The van der Waals surface area contributed by atoms with Gasteiger partial charge in [-0.2, -0.15) is 0 Å². The second kappa shape index (κ2) is 7.01. The van der Waals surface area contributed by atoms with Crippen molar-refractivity contribution in [2.75, 3.05) is 11.9 Å². The monoisotopic (exact) mass is 330 g/mol. The Morgan fingerprint density at radius 1 is 1.28 bits per heavy atom. The first-order chi connectivity index (χ1) is 8.70. The summed E-state index contributed by atoms with van der Waals surface area (Å²) in [5.74, 6) is 0. The van der Waals surface area contributed by atoms with Gasteiger partial charge in [-0.25, -0.2) is 4.98 Å². The van der Waals surface area contributed by atoms with Gasteiger partial charge in [-0.1, -0.05) is 35.2 Å². The van der Waals surface area contributed by atoms with Crippen molar-refractivity contribution in [3.05, 3.63) is 15.6 Å². The molecule has 102 valence electrons. The zero-order valence-corrected chi connectivity index (χ0v) is 13.8. The molecule has 1 saturated carbocycles. The summed E-state index contributed by atoms with van der Waals surface area (Å²) in [6, 6.07) is 0.779. The fourth-order valence-corrected chi connectivity index (χ4v) is 4.14. The number of aromatic nitrogens is 1. The van der Waals surface area contributed by atoms with Crippen molar-refractivity contribution in [2.24, 2.45) is 0 Å². The number of alkyl halides is 1. The van der Waals surface area contributed by atoms with Gasteiger partial charge in [-0.15, -0.1) is 11.3 Å². The quantitative estimate of drug-likeness (QED) is 0.748. The predicted molar refractivity (Wildman–Crippen MR) is 82.7 cm³/mol. The molecule has 1 fully saturated rings. The highest BCUT2D eigenvalue weighted by Gasteiger charge is 2.21. The van der Waals surface area contributed by atoms with Gasteiger partial charge in [0.05, 0.1) is 12.2 Å². The standard InChI is InChI=1S/C14H23BrN2S/c1-11-12(2)18-14(16-11)10-17(9-8-15)13-6-4-3-5-7-13/h13H,3-10H2,1-2H3. The van der Waals surface area contributed by atoms with E-state index < -0.39 is 0 Å². The van der Waals surface area contributed by atoms with Gasteiger partial charge in [0.2, 0.25) is 0 Å². The highest BCUT2D eigenvalue weighted by atomic mass is 79.9. The summed E-state index contributed by atoms with van der Waals surface area (Å²) in [5.41, 5.74) is 1.21. The van der Waals surface area contributed by atoms with E-state index in [2.05, 4.69) is 39.7 Å². The Morgan fingerprint density at radius 3 is 2.56 bits per heavy atom. The van der Waals surface area contributed by atoms with Crippen molar-refractivity contribution in [2.45, 2.75) is 58.5 Å². The molecule has 1 heterocycles. The van der Waals surface area contributed by atoms with Gasteiger partial charge in [-0.05, 0) is 26.7 Å². The van der Waals surface area contributed by atoms with Gasteiger partial charge in [0.1, 0.15) is 5.01 Å². The number of thiazole rings is 1. The molecular formula is C14H23BrN2S. The average Bonchev–Trinajstić information content (AvgIpc) is 2.69. The maximum Gasteiger partial charge on any atom is 0.107 e. The largest absolute Gasteiger partial charge is 0.293 e. The average molecular weight is 331 g/mol. The smallest absolute Gasteiger partial charge is 0.107 e. The maximum absolute atomic E-state index is 4.69. The fourth-order valence-electron chi connectivity index (χ4n) is 2.73. The van der Waals surface area contributed by atoms with Crippen LogP contribution in [0.5, 0.6) is 0 Å². The number of nitrogens with zero attached hydrogens (tertiary/aromatic N) is 2. The lowest BCUT2D eigenvalue weighted by molar-refractivity contribution is 0.157. The summed E-state index contributed by atoms with van der Waals surface area (Å²) in [5, 5.41) is 2.35. The van der Waals surface area contributed by atoms with Gasteiger partial charge < -0.3 is 0 Å². The van der Waals surface area contributed by atoms with Crippen LogP contribution in [-0.2, 0) is 6.54 Å². The summed E-state index contributed by atoms with van der Waals surface area (Å²) >= 11 is 5.46. The lowest BCUT2D eigenvalue weighted by atomic mass is 9.94. The summed E-state index contributed by atoms with van der Waals surface area (Å²) in [4.78, 5) is 8.69. The Morgan fingerprint density at radius 2 is 2.00 bits per heavy atom. The van der Waals surface area contributed by atoms with Crippen LogP contribution in [0.3, 0.4) is 0 Å². The van der Waals surface area contributed by atoms with Crippen molar-refractivity contribution in [3.8, 4) is 0 Å². The third kappa shape index (κ3) is 3.78. The second-order valence-corrected chi connectivity index (χ2v) is 7.28. The molecule has 0 bridgehead atoms. The van der Waals surface area contributed by atoms with Crippen LogP contribution in [-0.4, -0.2) is 27.8 Å². The summed E-state index contributed by atoms with van der Waals surface area (Å²) in [6.07, 6.45) is 6.97. The first-order valence-electron chi connectivity index (χ1n) is 6.93. The molecule has 1 aromatic heterocycles. The highest BCUT2D eigenvalue weighted by molar-refractivity contribution is 9.09. The van der Waals surface area contributed by atoms with Crippen LogP contribution in [0.1, 0.15) is 47.7 Å². The molecule has 1 aliphatic rings. The predicted octanol–water partition coefficient (Wildman–Crippen LogP) is 4.29. The Balaban J connectivity index is 2.00. The molecule has 0 N–H and O–H groups in total. The Labute approximate surface area is 123 Å². The van der Waals surface area contributed by atoms with Crippen molar-refractivity contribution < 1.29 is 0 Å². The fraction of sp³-hybridized carbons (Fsp3) is 0.786. The topological polar surface area (TPSA) is 16.1 Å². The first kappa shape index (κ1) is 14.5. The molecule has 0 aromatic carbocycles. The minimum atomic E-state index is 0.779. The highest BCUT2D eigenvalue weighted by Crippen LogP contribution is 2.25. The molecule has 0 radical (unpaired) electrons. The lowest BCUT2D eigenvalue weighted by Gasteiger charge is -2.33. The van der Waals surface area contributed by atoms with E-state index in [4.69, 9.17) is 0 Å². The molecule has 0 amide bonds. The molecule has 0 spiro atoms. The van der Waals surface area contributed by atoms with E-state index in [0.717, 1.165) is 24.5 Å². The molecule has 4 heteroatoms. The Hall–Kier alpha value is 0.0700. The van der Waals surface area contributed by atoms with E-state index in [1.807, 2.05) is 11.3 Å². The third-order valence-electron chi connectivity index (χ3n) is 3.87. The number of hydrogen-bond donors (Lipinski definition) is 0. The SMILES string of the molecule is Cc1nc(CN(CCBr)C2CCCCC2)sc1C. The van der Waals surface area contributed by atoms with Gasteiger partial charge in [0.25, 0.3) is 0 Å². The van der Waals surface area contributed by atoms with E-state index in [-0.39, 0.29) is 0 Å². The van der Waals surface area contributed by atoms with E-state index in [1.54, 1.807) is 0 Å². The van der Waals surface area contributed by atoms with Gasteiger partial charge in [-0.3, -0.25) is 4.90 Å². The minimum Gasteiger partial charge on any atom is -0.293 e. The second-order valence-electron chi connectivity index (χ2n) is 5.20. The molecular weight excluding hydrogens is 308 g/mol. The van der Waals surface area contributed by atoms with Crippen LogP contribution in [0.25, 0.3) is 0 Å². The van der Waals surface area contributed by atoms with Gasteiger partial charge >= 0.3 is 0 Å². The Kier molecular flexibility index (Phi) is 5.64. The van der Waals surface area contributed by atoms with Crippen molar-refractivity contribution in [1.82, 2.24) is 9.88 Å². The van der Waals surface area contributed by atoms with Crippen molar-refractivity contribution >= 4 is 27.3 Å². The summed E-state index contributed by atoms with van der Waals surface area (Å²) in [6.45, 7) is 6.47. The number of hydrogen-bond acceptors (Lipinski definition) is 3. The van der Waals surface area contributed by atoms with Crippen molar-refractivity contribution in [3.63, 3.8) is 0 Å². The molecule has 0 aliphatic heterocycles. The lowest BCUT2D eigenvalue weighted by Crippen LogP contribution is -2.37. The molecule has 18 heavy (non-hydrogen) atoms. The van der Waals surface area contributed by atoms with Crippen LogP contribution in [0.2, 0.25) is 0 Å². The van der Waals surface area contributed by atoms with E-state index in [9.17, 15) is 0 Å². The third-order valence-corrected chi connectivity index (χ3v) is 5.29. The normalized spacial score (nSPS) is 17.6. The first-order valence-corrected chi connectivity index (χ1v) is 8.87. The summed E-state index contributed by atoms with van der Waals surface area (Å²) < 4.78 is 0. The number of aryl methyl sites for hydroxylation is 2.